The number of carbonyl (C=O) groups excluding carboxylic acids is 1. The number of imidazole rings is 1. The molecule has 1 aromatic heterocycles. The Morgan fingerprint density at radius 2 is 2.03 bits per heavy atom. The zero-order chi connectivity index (χ0) is 20.4. The van der Waals surface area contributed by atoms with Crippen molar-refractivity contribution in [1.82, 2.24) is 19.8 Å². The molecular formula is C22H20ClN5O. The zero-order valence-electron chi connectivity index (χ0n) is 16.1. The number of benzene rings is 2. The van der Waals surface area contributed by atoms with Crippen LogP contribution in [-0.2, 0) is 4.79 Å². The van der Waals surface area contributed by atoms with Crippen molar-refractivity contribution < 1.29 is 4.79 Å². The minimum atomic E-state index is -0.0526. The lowest BCUT2D eigenvalue weighted by Gasteiger charge is -2.23. The molecule has 3 aromatic rings. The number of fused-ring (bicyclic) bond motifs is 1. The summed E-state index contributed by atoms with van der Waals surface area (Å²) in [5.41, 5.74) is 4.07. The van der Waals surface area contributed by atoms with Crippen molar-refractivity contribution in [3.63, 3.8) is 0 Å². The normalized spacial score (nSPS) is 13.8. The van der Waals surface area contributed by atoms with Gasteiger partial charge in [-0.05, 0) is 44.4 Å². The average molecular weight is 406 g/mol. The summed E-state index contributed by atoms with van der Waals surface area (Å²) >= 11 is 6.49. The van der Waals surface area contributed by atoms with Crippen LogP contribution >= 0.6 is 11.6 Å². The number of hydrogen-bond donors (Lipinski definition) is 1. The number of rotatable bonds is 4. The highest BCUT2D eigenvalue weighted by atomic mass is 35.5. The molecule has 0 bridgehead atoms. The van der Waals surface area contributed by atoms with Crippen LogP contribution in [0.2, 0.25) is 5.02 Å². The molecule has 0 unspecified atom stereocenters. The molecule has 6 nitrogen and oxygen atoms in total. The van der Waals surface area contributed by atoms with E-state index in [0.717, 1.165) is 22.2 Å². The van der Waals surface area contributed by atoms with Crippen LogP contribution in [0.25, 0.3) is 28.1 Å². The van der Waals surface area contributed by atoms with Crippen molar-refractivity contribution in [3.05, 3.63) is 71.5 Å². The Labute approximate surface area is 173 Å². The number of H-pyrrole nitrogens is 1. The summed E-state index contributed by atoms with van der Waals surface area (Å²) < 4.78 is 0. The molecule has 2 aromatic carbocycles. The van der Waals surface area contributed by atoms with Crippen LogP contribution in [0.15, 0.2) is 65.9 Å². The molecule has 0 aliphatic carbocycles. The number of aromatic nitrogens is 2. The first-order valence-corrected chi connectivity index (χ1v) is 9.53. The summed E-state index contributed by atoms with van der Waals surface area (Å²) in [6.07, 6.45) is 6.80. The standard InChI is InChI=1S/C22H20ClN5O/c1-27(2)14-21(29)28-11-5-10-24-13-20(28)15-8-9-17(23)16(12-15)22-25-18-6-3-4-7-19(18)26-22/h3-13H,14H2,1-2H3,(H,25,26). The SMILES string of the molecule is CN(C)CC(=O)N1C=CC=NC=C1c1ccc(Cl)c(-c2nc3ccccc3[nH]2)c1. The van der Waals surface area contributed by atoms with Gasteiger partial charge in [-0.1, -0.05) is 29.8 Å². The summed E-state index contributed by atoms with van der Waals surface area (Å²) in [6, 6.07) is 13.4. The fourth-order valence-electron chi connectivity index (χ4n) is 3.15. The van der Waals surface area contributed by atoms with Gasteiger partial charge in [0, 0.05) is 23.5 Å². The first-order valence-electron chi connectivity index (χ1n) is 9.15. The van der Waals surface area contributed by atoms with E-state index in [1.807, 2.05) is 61.5 Å². The van der Waals surface area contributed by atoms with Crippen molar-refractivity contribution >= 4 is 40.5 Å². The molecule has 4 rings (SSSR count). The van der Waals surface area contributed by atoms with Gasteiger partial charge in [0.05, 0.1) is 34.5 Å². The minimum absolute atomic E-state index is 0.0526. The Morgan fingerprint density at radius 3 is 2.83 bits per heavy atom. The number of aliphatic imine (C=N–C) groups is 1. The molecule has 0 saturated carbocycles. The highest BCUT2D eigenvalue weighted by molar-refractivity contribution is 6.33. The fraction of sp³-hybridized carbons (Fsp3) is 0.136. The van der Waals surface area contributed by atoms with Gasteiger partial charge in [-0.25, -0.2) is 4.98 Å². The van der Waals surface area contributed by atoms with Crippen LogP contribution in [0.3, 0.4) is 0 Å². The smallest absolute Gasteiger partial charge is 0.245 e. The van der Waals surface area contributed by atoms with Gasteiger partial charge in [0.2, 0.25) is 5.91 Å². The average Bonchev–Trinajstić information content (AvgIpc) is 2.97. The van der Waals surface area contributed by atoms with Crippen LogP contribution in [0.5, 0.6) is 0 Å². The molecule has 29 heavy (non-hydrogen) atoms. The lowest BCUT2D eigenvalue weighted by Crippen LogP contribution is -2.33. The van der Waals surface area contributed by atoms with E-state index in [4.69, 9.17) is 11.6 Å². The maximum atomic E-state index is 12.8. The molecule has 0 spiro atoms. The van der Waals surface area contributed by atoms with E-state index in [1.165, 1.54) is 0 Å². The predicted molar refractivity (Wildman–Crippen MR) is 118 cm³/mol. The van der Waals surface area contributed by atoms with Crippen LogP contribution in [0.1, 0.15) is 5.56 Å². The van der Waals surface area contributed by atoms with E-state index in [2.05, 4.69) is 15.0 Å². The summed E-state index contributed by atoms with van der Waals surface area (Å²) in [5, 5.41) is 0.576. The first-order chi connectivity index (χ1) is 14.0. The zero-order valence-corrected chi connectivity index (χ0v) is 16.9. The van der Waals surface area contributed by atoms with Crippen molar-refractivity contribution in [2.75, 3.05) is 20.6 Å². The van der Waals surface area contributed by atoms with Crippen LogP contribution in [0, 0.1) is 0 Å². The second-order valence-corrected chi connectivity index (χ2v) is 7.36. The van der Waals surface area contributed by atoms with Crippen molar-refractivity contribution in [3.8, 4) is 11.4 Å². The molecule has 7 heteroatoms. The third kappa shape index (κ3) is 3.99. The number of carbonyl (C=O) groups is 1. The summed E-state index contributed by atoms with van der Waals surface area (Å²) in [6.45, 7) is 0.283. The summed E-state index contributed by atoms with van der Waals surface area (Å²) in [5.74, 6) is 0.626. The molecule has 0 saturated heterocycles. The summed E-state index contributed by atoms with van der Waals surface area (Å²) in [7, 11) is 3.72. The largest absolute Gasteiger partial charge is 0.338 e. The molecule has 2 heterocycles. The van der Waals surface area contributed by atoms with E-state index in [9.17, 15) is 4.79 Å². The number of para-hydroxylation sites is 2. The Morgan fingerprint density at radius 1 is 1.21 bits per heavy atom. The van der Waals surface area contributed by atoms with Crippen molar-refractivity contribution in [1.29, 1.82) is 0 Å². The predicted octanol–water partition coefficient (Wildman–Crippen LogP) is 4.17. The topological polar surface area (TPSA) is 64.6 Å². The van der Waals surface area contributed by atoms with Gasteiger partial charge in [0.15, 0.2) is 0 Å². The number of hydrogen-bond acceptors (Lipinski definition) is 4. The molecule has 0 fully saturated rings. The third-order valence-electron chi connectivity index (χ3n) is 4.49. The molecule has 1 N–H and O–H groups in total. The Bertz CT molecular complexity index is 1130. The van der Waals surface area contributed by atoms with Gasteiger partial charge >= 0.3 is 0 Å². The highest BCUT2D eigenvalue weighted by Crippen LogP contribution is 2.32. The lowest BCUT2D eigenvalue weighted by atomic mass is 10.1. The quantitative estimate of drug-likeness (QED) is 0.708. The third-order valence-corrected chi connectivity index (χ3v) is 4.82. The Balaban J connectivity index is 1.77. The Kier molecular flexibility index (Phi) is 5.29. The molecule has 1 aliphatic rings. The molecule has 146 valence electrons. The van der Waals surface area contributed by atoms with Crippen LogP contribution in [-0.4, -0.2) is 52.5 Å². The molecule has 1 aliphatic heterocycles. The highest BCUT2D eigenvalue weighted by Gasteiger charge is 2.20. The van der Waals surface area contributed by atoms with Gasteiger partial charge in [0.1, 0.15) is 5.82 Å². The number of amides is 1. The number of nitrogens with one attached hydrogen (secondary N) is 1. The summed E-state index contributed by atoms with van der Waals surface area (Å²) in [4.78, 5) is 28.4. The molecule has 0 radical (unpaired) electrons. The van der Waals surface area contributed by atoms with Gasteiger partial charge in [-0.15, -0.1) is 0 Å². The second kappa shape index (κ2) is 8.03. The van der Waals surface area contributed by atoms with Gasteiger partial charge in [-0.2, -0.15) is 0 Å². The Hall–Kier alpha value is -3.22. The molecule has 1 amide bonds. The lowest BCUT2D eigenvalue weighted by molar-refractivity contribution is -0.126. The van der Waals surface area contributed by atoms with Crippen LogP contribution < -0.4 is 0 Å². The number of nitrogens with zero attached hydrogens (tertiary/aromatic N) is 4. The number of aromatic amines is 1. The fourth-order valence-corrected chi connectivity index (χ4v) is 3.36. The maximum Gasteiger partial charge on any atom is 0.245 e. The second-order valence-electron chi connectivity index (χ2n) is 6.95. The van der Waals surface area contributed by atoms with Gasteiger partial charge in [0.25, 0.3) is 0 Å². The van der Waals surface area contributed by atoms with Crippen LogP contribution in [0.4, 0.5) is 0 Å². The monoisotopic (exact) mass is 405 g/mol. The minimum Gasteiger partial charge on any atom is -0.338 e. The van der Waals surface area contributed by atoms with Crippen molar-refractivity contribution in [2.45, 2.75) is 0 Å². The number of likely N-dealkylation sites (N-methyl/N-ethyl adjacent to an activating group) is 1. The van der Waals surface area contributed by atoms with E-state index < -0.39 is 0 Å². The van der Waals surface area contributed by atoms with Gasteiger partial charge < -0.3 is 9.88 Å². The van der Waals surface area contributed by atoms with Gasteiger partial charge in [-0.3, -0.25) is 14.7 Å². The number of halogens is 1. The van der Waals surface area contributed by atoms with E-state index in [-0.39, 0.29) is 12.5 Å². The molecule has 0 atom stereocenters. The van der Waals surface area contributed by atoms with E-state index in [0.29, 0.717) is 16.5 Å². The van der Waals surface area contributed by atoms with E-state index >= 15 is 0 Å². The molecular weight excluding hydrogens is 386 g/mol. The maximum absolute atomic E-state index is 12.8. The first kappa shape index (κ1) is 19.1. The van der Waals surface area contributed by atoms with E-state index in [1.54, 1.807) is 29.6 Å². The number of allylic oxidation sites excluding steroid dienone is 1. The van der Waals surface area contributed by atoms with Crippen molar-refractivity contribution in [2.24, 2.45) is 4.99 Å².